The van der Waals surface area contributed by atoms with Crippen molar-refractivity contribution in [1.82, 2.24) is 10.6 Å². The molecule has 1 aromatic rings. The molecule has 1 rings (SSSR count). The summed E-state index contributed by atoms with van der Waals surface area (Å²) in [6, 6.07) is 6.71. The van der Waals surface area contributed by atoms with Crippen LogP contribution < -0.4 is 16.4 Å². The van der Waals surface area contributed by atoms with Gasteiger partial charge in [-0.1, -0.05) is 32.4 Å². The van der Waals surface area contributed by atoms with E-state index in [1.54, 1.807) is 18.2 Å². The van der Waals surface area contributed by atoms with Crippen molar-refractivity contribution in [1.29, 1.82) is 0 Å². The topological polar surface area (TPSA) is 84.2 Å². The maximum absolute atomic E-state index is 11.9. The first-order valence-electron chi connectivity index (χ1n) is 7.40. The normalized spacial score (nSPS) is 13.3. The summed E-state index contributed by atoms with van der Waals surface area (Å²) in [7, 11) is 0. The highest BCUT2D eigenvalue weighted by atomic mass is 16.2. The fourth-order valence-electron chi connectivity index (χ4n) is 1.90. The van der Waals surface area contributed by atoms with Crippen LogP contribution in [0.3, 0.4) is 0 Å². The van der Waals surface area contributed by atoms with Crippen LogP contribution in [0.4, 0.5) is 0 Å². The van der Waals surface area contributed by atoms with Crippen LogP contribution in [0.5, 0.6) is 0 Å². The monoisotopic (exact) mass is 291 g/mol. The molecule has 0 aliphatic carbocycles. The summed E-state index contributed by atoms with van der Waals surface area (Å²) >= 11 is 0. The molecule has 0 saturated carbocycles. The Kier molecular flexibility index (Phi) is 6.88. The van der Waals surface area contributed by atoms with Gasteiger partial charge < -0.3 is 16.4 Å². The van der Waals surface area contributed by atoms with E-state index >= 15 is 0 Å². The number of hydrogen-bond donors (Lipinski definition) is 3. The second-order valence-electron chi connectivity index (χ2n) is 5.19. The van der Waals surface area contributed by atoms with E-state index in [-0.39, 0.29) is 17.7 Å². The summed E-state index contributed by atoms with van der Waals surface area (Å²) in [5, 5.41) is 5.56. The highest BCUT2D eigenvalue weighted by Gasteiger charge is 2.18. The van der Waals surface area contributed by atoms with Gasteiger partial charge in [0.1, 0.15) is 0 Å². The molecule has 0 spiro atoms. The molecule has 2 unspecified atom stereocenters. The first-order valence-corrected chi connectivity index (χ1v) is 7.40. The van der Waals surface area contributed by atoms with Gasteiger partial charge >= 0.3 is 0 Å². The smallest absolute Gasteiger partial charge is 0.251 e. The van der Waals surface area contributed by atoms with Gasteiger partial charge in [0.05, 0.1) is 6.04 Å². The van der Waals surface area contributed by atoms with Crippen LogP contribution in [0.2, 0.25) is 0 Å². The van der Waals surface area contributed by atoms with Gasteiger partial charge in [0.2, 0.25) is 5.91 Å². The van der Waals surface area contributed by atoms with Gasteiger partial charge in [0, 0.05) is 18.7 Å². The minimum atomic E-state index is -0.499. The Labute approximate surface area is 126 Å². The predicted molar refractivity (Wildman–Crippen MR) is 83.7 cm³/mol. The van der Waals surface area contributed by atoms with Crippen molar-refractivity contribution in [2.45, 2.75) is 39.8 Å². The summed E-state index contributed by atoms with van der Waals surface area (Å²) in [6.45, 7) is 6.80. The van der Waals surface area contributed by atoms with Gasteiger partial charge in [-0.25, -0.2) is 0 Å². The second-order valence-corrected chi connectivity index (χ2v) is 5.19. The largest absolute Gasteiger partial charge is 0.352 e. The van der Waals surface area contributed by atoms with Crippen LogP contribution >= 0.6 is 0 Å². The average molecular weight is 291 g/mol. The lowest BCUT2D eigenvalue weighted by Crippen LogP contribution is -2.44. The molecule has 0 radical (unpaired) electrons. The molecule has 0 aliphatic heterocycles. The summed E-state index contributed by atoms with van der Waals surface area (Å²) in [4.78, 5) is 23.7. The minimum Gasteiger partial charge on any atom is -0.352 e. The zero-order valence-electron chi connectivity index (χ0n) is 13.0. The molecule has 0 heterocycles. The van der Waals surface area contributed by atoms with Crippen molar-refractivity contribution in [3.05, 3.63) is 35.4 Å². The molecular formula is C16H25N3O2. The van der Waals surface area contributed by atoms with Crippen molar-refractivity contribution in [2.24, 2.45) is 11.7 Å². The van der Waals surface area contributed by atoms with Gasteiger partial charge in [0.15, 0.2) is 0 Å². The molecule has 21 heavy (non-hydrogen) atoms. The molecule has 5 heteroatoms. The molecule has 4 N–H and O–H groups in total. The number of amides is 2. The summed E-state index contributed by atoms with van der Waals surface area (Å²) in [5.74, 6) is -0.124. The number of nitrogens with two attached hydrogens (primary N) is 1. The number of carbonyl (C=O) groups excluding carboxylic acids is 2. The van der Waals surface area contributed by atoms with Crippen molar-refractivity contribution < 1.29 is 9.59 Å². The third-order valence-electron chi connectivity index (χ3n) is 3.55. The fraction of sp³-hybridized carbons (Fsp3) is 0.500. The van der Waals surface area contributed by atoms with Crippen LogP contribution in [-0.4, -0.2) is 24.4 Å². The number of carbonyl (C=O) groups is 2. The van der Waals surface area contributed by atoms with Crippen LogP contribution in [0.1, 0.15) is 43.1 Å². The molecule has 0 bridgehead atoms. The molecule has 0 fully saturated rings. The van der Waals surface area contributed by atoms with Crippen molar-refractivity contribution >= 4 is 11.8 Å². The predicted octanol–water partition coefficient (Wildman–Crippen LogP) is 1.43. The molecule has 1 aromatic carbocycles. The van der Waals surface area contributed by atoms with E-state index in [0.29, 0.717) is 18.7 Å². The SMILES string of the molecule is CCNC(=O)c1cccc(CNC(=O)C(N)C(C)CC)c1. The third kappa shape index (κ3) is 5.19. The van der Waals surface area contributed by atoms with Gasteiger partial charge in [-0.15, -0.1) is 0 Å². The first kappa shape index (κ1) is 17.2. The molecule has 0 aliphatic rings. The Morgan fingerprint density at radius 2 is 1.95 bits per heavy atom. The summed E-state index contributed by atoms with van der Waals surface area (Å²) in [5.41, 5.74) is 7.35. The highest BCUT2D eigenvalue weighted by Crippen LogP contribution is 2.07. The van der Waals surface area contributed by atoms with Gasteiger partial charge in [0.25, 0.3) is 5.91 Å². The van der Waals surface area contributed by atoms with E-state index in [1.807, 2.05) is 26.8 Å². The molecule has 5 nitrogen and oxygen atoms in total. The Morgan fingerprint density at radius 1 is 1.24 bits per heavy atom. The van der Waals surface area contributed by atoms with Crippen LogP contribution in [0.25, 0.3) is 0 Å². The summed E-state index contributed by atoms with van der Waals surface area (Å²) in [6.07, 6.45) is 0.862. The van der Waals surface area contributed by atoms with Crippen molar-refractivity contribution in [3.63, 3.8) is 0 Å². The Bertz CT molecular complexity index is 488. The quantitative estimate of drug-likeness (QED) is 0.710. The van der Waals surface area contributed by atoms with Crippen LogP contribution in [0.15, 0.2) is 24.3 Å². The zero-order valence-corrected chi connectivity index (χ0v) is 13.0. The van der Waals surface area contributed by atoms with Gasteiger partial charge in [-0.3, -0.25) is 9.59 Å². The third-order valence-corrected chi connectivity index (χ3v) is 3.55. The van der Waals surface area contributed by atoms with E-state index < -0.39 is 6.04 Å². The average Bonchev–Trinajstić information content (AvgIpc) is 2.51. The Morgan fingerprint density at radius 3 is 2.57 bits per heavy atom. The van der Waals surface area contributed by atoms with E-state index in [1.165, 1.54) is 0 Å². The lowest BCUT2D eigenvalue weighted by molar-refractivity contribution is -0.123. The Balaban J connectivity index is 2.62. The lowest BCUT2D eigenvalue weighted by atomic mass is 9.99. The molecular weight excluding hydrogens is 266 g/mol. The highest BCUT2D eigenvalue weighted by molar-refractivity contribution is 5.94. The standard InChI is InChI=1S/C16H25N3O2/c1-4-11(3)14(17)16(21)19-10-12-7-6-8-13(9-12)15(20)18-5-2/h6-9,11,14H,4-5,10,17H2,1-3H3,(H,18,20)(H,19,21). The molecule has 2 atom stereocenters. The number of rotatable bonds is 7. The van der Waals surface area contributed by atoms with Crippen LogP contribution in [-0.2, 0) is 11.3 Å². The van der Waals surface area contributed by atoms with E-state index in [2.05, 4.69) is 10.6 Å². The van der Waals surface area contributed by atoms with Crippen molar-refractivity contribution in [3.8, 4) is 0 Å². The second kappa shape index (κ2) is 8.42. The Hall–Kier alpha value is -1.88. The van der Waals surface area contributed by atoms with E-state index in [9.17, 15) is 9.59 Å². The van der Waals surface area contributed by atoms with Gasteiger partial charge in [-0.2, -0.15) is 0 Å². The minimum absolute atomic E-state index is 0.109. The van der Waals surface area contributed by atoms with Gasteiger partial charge in [-0.05, 0) is 30.5 Å². The zero-order chi connectivity index (χ0) is 15.8. The lowest BCUT2D eigenvalue weighted by Gasteiger charge is -2.17. The number of nitrogens with one attached hydrogen (secondary N) is 2. The van der Waals surface area contributed by atoms with Crippen LogP contribution in [0, 0.1) is 5.92 Å². The number of hydrogen-bond acceptors (Lipinski definition) is 3. The molecule has 0 saturated heterocycles. The summed E-state index contributed by atoms with van der Waals surface area (Å²) < 4.78 is 0. The van der Waals surface area contributed by atoms with Crippen molar-refractivity contribution in [2.75, 3.05) is 6.54 Å². The maximum atomic E-state index is 11.9. The molecule has 0 aromatic heterocycles. The van der Waals surface area contributed by atoms with E-state index in [4.69, 9.17) is 5.73 Å². The first-order chi connectivity index (χ1) is 9.99. The number of benzene rings is 1. The fourth-order valence-corrected chi connectivity index (χ4v) is 1.90. The van der Waals surface area contributed by atoms with E-state index in [0.717, 1.165) is 12.0 Å². The molecule has 2 amide bonds. The molecule has 116 valence electrons. The maximum Gasteiger partial charge on any atom is 0.251 e.